The van der Waals surface area contributed by atoms with Crippen LogP contribution in [0.25, 0.3) is 0 Å². The average Bonchev–Trinajstić information content (AvgIpc) is 3.13. The van der Waals surface area contributed by atoms with Gasteiger partial charge in [-0.15, -0.1) is 0 Å². The van der Waals surface area contributed by atoms with Gasteiger partial charge in [0.25, 0.3) is 0 Å². The maximum absolute atomic E-state index is 11.8. The predicted octanol–water partition coefficient (Wildman–Crippen LogP) is 5.32. The summed E-state index contributed by atoms with van der Waals surface area (Å²) in [6.45, 7) is 17.5. The Kier molecular flexibility index (Phi) is 7.13. The Hall–Kier alpha value is -0.200. The van der Waals surface area contributed by atoms with Gasteiger partial charge >= 0.3 is 0 Å². The molecule has 4 rings (SSSR count). The molecule has 0 aromatic carbocycles. The van der Waals surface area contributed by atoms with Gasteiger partial charge in [-0.1, -0.05) is 34.6 Å². The van der Waals surface area contributed by atoms with Crippen molar-refractivity contribution in [2.75, 3.05) is 7.11 Å². The zero-order valence-electron chi connectivity index (χ0n) is 24.6. The highest BCUT2D eigenvalue weighted by atomic mass is 16.5. The molecule has 0 aliphatic heterocycles. The number of hydrogen-bond donors (Lipinski definition) is 4. The van der Waals surface area contributed by atoms with Crippen LogP contribution in [-0.2, 0) is 4.74 Å². The van der Waals surface area contributed by atoms with Crippen molar-refractivity contribution < 1.29 is 25.2 Å². The second-order valence-corrected chi connectivity index (χ2v) is 15.7. The first-order chi connectivity index (χ1) is 16.4. The fourth-order valence-corrected chi connectivity index (χ4v) is 10.8. The molecule has 4 aliphatic carbocycles. The first-order valence-corrected chi connectivity index (χ1v) is 14.7. The summed E-state index contributed by atoms with van der Waals surface area (Å²) in [6.07, 6.45) is 6.15. The minimum atomic E-state index is -0.840. The highest BCUT2D eigenvalue weighted by Crippen LogP contribution is 2.75. The molecule has 0 aromatic rings. The summed E-state index contributed by atoms with van der Waals surface area (Å²) < 4.78 is 5.59. The van der Waals surface area contributed by atoms with Gasteiger partial charge in [0.05, 0.1) is 29.5 Å². The van der Waals surface area contributed by atoms with E-state index in [2.05, 4.69) is 48.5 Å². The second-order valence-electron chi connectivity index (χ2n) is 15.7. The van der Waals surface area contributed by atoms with Crippen LogP contribution in [0.4, 0.5) is 0 Å². The van der Waals surface area contributed by atoms with Crippen LogP contribution < -0.4 is 0 Å². The van der Waals surface area contributed by atoms with Crippen molar-refractivity contribution in [2.45, 2.75) is 143 Å². The van der Waals surface area contributed by atoms with Crippen molar-refractivity contribution in [3.05, 3.63) is 0 Å². The monoisotopic (exact) mass is 508 g/mol. The molecule has 0 radical (unpaired) electrons. The van der Waals surface area contributed by atoms with E-state index in [1.54, 1.807) is 7.11 Å². The van der Waals surface area contributed by atoms with Gasteiger partial charge < -0.3 is 25.2 Å². The Balaban J connectivity index is 1.64. The van der Waals surface area contributed by atoms with Gasteiger partial charge in [0, 0.05) is 7.11 Å². The predicted molar refractivity (Wildman–Crippen MR) is 143 cm³/mol. The Labute approximate surface area is 220 Å². The third-order valence-electron chi connectivity index (χ3n) is 13.1. The van der Waals surface area contributed by atoms with Crippen LogP contribution in [0.3, 0.4) is 0 Å². The van der Waals surface area contributed by atoms with E-state index in [1.807, 2.05) is 6.92 Å². The molecule has 0 unspecified atom stereocenters. The van der Waals surface area contributed by atoms with Crippen LogP contribution in [-0.4, -0.2) is 57.0 Å². The van der Waals surface area contributed by atoms with Gasteiger partial charge in [0.1, 0.15) is 0 Å². The van der Waals surface area contributed by atoms with E-state index in [-0.39, 0.29) is 50.9 Å². The lowest BCUT2D eigenvalue weighted by Gasteiger charge is -2.71. The molecule has 0 bridgehead atoms. The van der Waals surface area contributed by atoms with Crippen LogP contribution in [0.15, 0.2) is 0 Å². The van der Waals surface area contributed by atoms with Crippen LogP contribution in [0.1, 0.15) is 113 Å². The van der Waals surface area contributed by atoms with Gasteiger partial charge in [-0.3, -0.25) is 0 Å². The molecule has 36 heavy (non-hydrogen) atoms. The summed E-state index contributed by atoms with van der Waals surface area (Å²) in [5.41, 5.74) is -1.79. The minimum Gasteiger partial charge on any atom is -0.393 e. The molecular formula is C31H56O5. The van der Waals surface area contributed by atoms with E-state index in [0.29, 0.717) is 12.8 Å². The molecule has 4 N–H and O–H groups in total. The van der Waals surface area contributed by atoms with E-state index < -0.39 is 23.9 Å². The molecule has 0 amide bonds. The molecule has 4 aliphatic rings. The second kappa shape index (κ2) is 8.91. The Morgan fingerprint density at radius 1 is 0.861 bits per heavy atom. The average molecular weight is 509 g/mol. The highest BCUT2D eigenvalue weighted by molar-refractivity contribution is 5.21. The molecule has 5 nitrogen and oxygen atoms in total. The number of hydrogen-bond acceptors (Lipinski definition) is 5. The van der Waals surface area contributed by atoms with Gasteiger partial charge in [-0.2, -0.15) is 0 Å². The van der Waals surface area contributed by atoms with Gasteiger partial charge in [-0.25, -0.2) is 0 Å². The summed E-state index contributed by atoms with van der Waals surface area (Å²) in [5.74, 6) is 0.378. The third-order valence-corrected chi connectivity index (χ3v) is 13.1. The van der Waals surface area contributed by atoms with E-state index in [1.165, 1.54) is 0 Å². The number of methoxy groups -OCH3 is 1. The van der Waals surface area contributed by atoms with Gasteiger partial charge in [0.2, 0.25) is 0 Å². The third kappa shape index (κ3) is 4.05. The van der Waals surface area contributed by atoms with Crippen molar-refractivity contribution in [2.24, 2.45) is 45.3 Å². The molecule has 5 heteroatoms. The summed E-state index contributed by atoms with van der Waals surface area (Å²) in [5, 5.41) is 46.2. The Morgan fingerprint density at radius 3 is 2.11 bits per heavy atom. The zero-order chi connectivity index (χ0) is 27.1. The molecule has 0 saturated heterocycles. The highest BCUT2D eigenvalue weighted by Gasteiger charge is 2.72. The van der Waals surface area contributed by atoms with E-state index in [0.717, 1.165) is 44.9 Å². The van der Waals surface area contributed by atoms with Crippen molar-refractivity contribution in [3.8, 4) is 0 Å². The number of aliphatic hydroxyl groups excluding tert-OH is 3. The van der Waals surface area contributed by atoms with Crippen molar-refractivity contribution in [1.29, 1.82) is 0 Å². The fraction of sp³-hybridized carbons (Fsp3) is 1.00. The number of rotatable bonds is 6. The van der Waals surface area contributed by atoms with Crippen LogP contribution in [0, 0.1) is 45.3 Å². The lowest BCUT2D eigenvalue weighted by atomic mass is 9.34. The zero-order valence-corrected chi connectivity index (χ0v) is 24.6. The standard InChI is InChI=1S/C31H56O5/c1-26(2,36-9)13-10-14-31(8,35)19-11-16-29(6)24(19)20(32)17-22-28(5)15-12-23(34)27(3,4)25(28)21(33)18-30(22,29)7/h19-25,32-35H,10-18H2,1-9H3/t19-,20+,21-,22+,23-,24-,25-,28+,29+,30+,31+/m0/s1. The molecule has 0 aromatic heterocycles. The van der Waals surface area contributed by atoms with Gasteiger partial charge in [0.15, 0.2) is 0 Å². The topological polar surface area (TPSA) is 90.2 Å². The SMILES string of the molecule is COC(C)(C)CCC[C@@](C)(O)[C@H]1CC[C@]2(C)[C@@H]1[C@H](O)C[C@@H]1[C@@]3(C)CC[C@H](O)C(C)(C)[C@@H]3[C@@H](O)C[C@]12C. The molecule has 210 valence electrons. The lowest BCUT2D eigenvalue weighted by Crippen LogP contribution is -2.69. The first kappa shape index (κ1) is 28.8. The molecule has 0 spiro atoms. The quantitative estimate of drug-likeness (QED) is 0.390. The summed E-state index contributed by atoms with van der Waals surface area (Å²) in [6, 6.07) is 0. The maximum atomic E-state index is 11.8. The largest absolute Gasteiger partial charge is 0.393 e. The van der Waals surface area contributed by atoms with Crippen molar-refractivity contribution >= 4 is 0 Å². The summed E-state index contributed by atoms with van der Waals surface area (Å²) >= 11 is 0. The van der Waals surface area contributed by atoms with Crippen LogP contribution in [0.5, 0.6) is 0 Å². The van der Waals surface area contributed by atoms with E-state index >= 15 is 0 Å². The molecule has 11 atom stereocenters. The smallest absolute Gasteiger partial charge is 0.0651 e. The Morgan fingerprint density at radius 2 is 1.50 bits per heavy atom. The van der Waals surface area contributed by atoms with Crippen molar-refractivity contribution in [3.63, 3.8) is 0 Å². The van der Waals surface area contributed by atoms with Crippen LogP contribution in [0.2, 0.25) is 0 Å². The van der Waals surface area contributed by atoms with Gasteiger partial charge in [-0.05, 0) is 124 Å². The summed E-state index contributed by atoms with van der Waals surface area (Å²) in [4.78, 5) is 0. The number of aliphatic hydroxyl groups is 4. The maximum Gasteiger partial charge on any atom is 0.0651 e. The van der Waals surface area contributed by atoms with E-state index in [4.69, 9.17) is 4.74 Å². The molecular weight excluding hydrogens is 452 g/mol. The summed E-state index contributed by atoms with van der Waals surface area (Å²) in [7, 11) is 1.74. The number of fused-ring (bicyclic) bond motifs is 5. The number of ether oxygens (including phenoxy) is 1. The Bertz CT molecular complexity index is 822. The molecule has 4 saturated carbocycles. The van der Waals surface area contributed by atoms with Crippen molar-refractivity contribution in [1.82, 2.24) is 0 Å². The van der Waals surface area contributed by atoms with Crippen LogP contribution >= 0.6 is 0 Å². The lowest BCUT2D eigenvalue weighted by molar-refractivity contribution is -0.274. The first-order valence-electron chi connectivity index (χ1n) is 14.7. The molecule has 0 heterocycles. The minimum absolute atomic E-state index is 0.0172. The normalized spacial score (nSPS) is 50.1. The van der Waals surface area contributed by atoms with E-state index in [9.17, 15) is 20.4 Å². The fourth-order valence-electron chi connectivity index (χ4n) is 10.8. The molecule has 4 fully saturated rings.